The second-order valence-corrected chi connectivity index (χ2v) is 4.20. The second kappa shape index (κ2) is 5.56. The summed E-state index contributed by atoms with van der Waals surface area (Å²) in [6.45, 7) is -0.378. The summed E-state index contributed by atoms with van der Waals surface area (Å²) in [5.41, 5.74) is 11.8. The number of esters is 1. The minimum atomic E-state index is -0.715. The number of carbonyl (C=O) groups is 1. The first kappa shape index (κ1) is 13.8. The fourth-order valence-electron chi connectivity index (χ4n) is 1.67. The number of hydrogen-bond donors (Lipinski definition) is 2. The van der Waals surface area contributed by atoms with Gasteiger partial charge in [0.25, 0.3) is 0 Å². The highest BCUT2D eigenvalue weighted by Crippen LogP contribution is 2.16. The Morgan fingerprint density at radius 1 is 1.05 bits per heavy atom. The molecule has 0 unspecified atom stereocenters. The number of benzene rings is 2. The van der Waals surface area contributed by atoms with Crippen molar-refractivity contribution in [1.29, 1.82) is 0 Å². The fourth-order valence-corrected chi connectivity index (χ4v) is 1.67. The standard InChI is InChI=1S/C14H12F2N2O2/c15-10-1-2-13(16)9(3-10)7-20-14(19)8-4-11(17)6-12(18)5-8/h1-6H,7,17-18H2. The van der Waals surface area contributed by atoms with Crippen molar-refractivity contribution in [2.24, 2.45) is 0 Å². The van der Waals surface area contributed by atoms with E-state index in [0.29, 0.717) is 11.4 Å². The van der Waals surface area contributed by atoms with Crippen molar-refractivity contribution >= 4 is 17.3 Å². The zero-order valence-electron chi connectivity index (χ0n) is 10.4. The number of rotatable bonds is 3. The normalized spacial score (nSPS) is 10.3. The van der Waals surface area contributed by atoms with Crippen LogP contribution in [0.4, 0.5) is 20.2 Å². The van der Waals surface area contributed by atoms with Crippen LogP contribution in [0, 0.1) is 11.6 Å². The Morgan fingerprint density at radius 2 is 1.70 bits per heavy atom. The number of halogens is 2. The molecule has 0 fully saturated rings. The van der Waals surface area contributed by atoms with Crippen LogP contribution in [-0.4, -0.2) is 5.97 Å². The fraction of sp³-hybridized carbons (Fsp3) is 0.0714. The molecule has 0 aliphatic rings. The first-order valence-electron chi connectivity index (χ1n) is 5.73. The lowest BCUT2D eigenvalue weighted by Gasteiger charge is -2.07. The maximum absolute atomic E-state index is 13.4. The van der Waals surface area contributed by atoms with Crippen LogP contribution in [0.15, 0.2) is 36.4 Å². The molecule has 4 N–H and O–H groups in total. The van der Waals surface area contributed by atoms with Gasteiger partial charge in [-0.15, -0.1) is 0 Å². The zero-order chi connectivity index (χ0) is 14.7. The largest absolute Gasteiger partial charge is 0.457 e. The molecule has 0 aliphatic heterocycles. The third-order valence-corrected chi connectivity index (χ3v) is 2.58. The van der Waals surface area contributed by atoms with Crippen LogP contribution in [-0.2, 0) is 11.3 Å². The molecule has 0 spiro atoms. The first-order chi connectivity index (χ1) is 9.45. The number of nitrogen functional groups attached to an aromatic ring is 2. The maximum atomic E-state index is 13.4. The van der Waals surface area contributed by atoms with Gasteiger partial charge in [-0.05, 0) is 36.4 Å². The Bertz CT molecular complexity index is 639. The molecule has 0 heterocycles. The van der Waals surface area contributed by atoms with Gasteiger partial charge in [-0.1, -0.05) is 0 Å². The van der Waals surface area contributed by atoms with Crippen molar-refractivity contribution in [3.63, 3.8) is 0 Å². The van der Waals surface area contributed by atoms with Gasteiger partial charge in [0.15, 0.2) is 0 Å². The average Bonchev–Trinajstić information content (AvgIpc) is 2.38. The highest BCUT2D eigenvalue weighted by molar-refractivity contribution is 5.91. The van der Waals surface area contributed by atoms with E-state index in [1.54, 1.807) is 0 Å². The minimum absolute atomic E-state index is 0.0461. The number of ether oxygens (including phenoxy) is 1. The SMILES string of the molecule is Nc1cc(N)cc(C(=O)OCc2cc(F)ccc2F)c1. The Hall–Kier alpha value is -2.63. The predicted octanol–water partition coefficient (Wildman–Crippen LogP) is 2.49. The van der Waals surface area contributed by atoms with Gasteiger partial charge in [-0.3, -0.25) is 0 Å². The Labute approximate surface area is 114 Å². The van der Waals surface area contributed by atoms with E-state index in [4.69, 9.17) is 16.2 Å². The van der Waals surface area contributed by atoms with Crippen LogP contribution in [0.1, 0.15) is 15.9 Å². The quantitative estimate of drug-likeness (QED) is 0.668. The van der Waals surface area contributed by atoms with Crippen molar-refractivity contribution < 1.29 is 18.3 Å². The van der Waals surface area contributed by atoms with E-state index in [-0.39, 0.29) is 17.7 Å². The van der Waals surface area contributed by atoms with Crippen molar-refractivity contribution in [2.75, 3.05) is 11.5 Å². The molecule has 0 saturated heterocycles. The molecule has 20 heavy (non-hydrogen) atoms. The van der Waals surface area contributed by atoms with Gasteiger partial charge in [0.2, 0.25) is 0 Å². The second-order valence-electron chi connectivity index (χ2n) is 4.20. The van der Waals surface area contributed by atoms with E-state index in [2.05, 4.69) is 0 Å². The predicted molar refractivity (Wildman–Crippen MR) is 70.7 cm³/mol. The number of nitrogens with two attached hydrogens (primary N) is 2. The van der Waals surface area contributed by atoms with Gasteiger partial charge in [0.1, 0.15) is 18.2 Å². The van der Waals surface area contributed by atoms with Gasteiger partial charge < -0.3 is 16.2 Å². The van der Waals surface area contributed by atoms with Gasteiger partial charge in [-0.2, -0.15) is 0 Å². The molecule has 2 rings (SSSR count). The highest BCUT2D eigenvalue weighted by atomic mass is 19.1. The highest BCUT2D eigenvalue weighted by Gasteiger charge is 2.11. The van der Waals surface area contributed by atoms with Crippen molar-refractivity contribution in [1.82, 2.24) is 0 Å². The minimum Gasteiger partial charge on any atom is -0.457 e. The summed E-state index contributed by atoms with van der Waals surface area (Å²) in [5, 5.41) is 0. The number of hydrogen-bond acceptors (Lipinski definition) is 4. The molecule has 2 aromatic carbocycles. The summed E-state index contributed by atoms with van der Waals surface area (Å²) in [6, 6.07) is 7.19. The van der Waals surface area contributed by atoms with Crippen LogP contribution in [0.3, 0.4) is 0 Å². The molecule has 0 radical (unpaired) electrons. The summed E-state index contributed by atoms with van der Waals surface area (Å²) in [6.07, 6.45) is 0. The number of anilines is 2. The smallest absolute Gasteiger partial charge is 0.338 e. The molecule has 104 valence electrons. The van der Waals surface area contributed by atoms with E-state index >= 15 is 0 Å². The van der Waals surface area contributed by atoms with Crippen LogP contribution >= 0.6 is 0 Å². The molecule has 0 bridgehead atoms. The molecule has 0 amide bonds. The Balaban J connectivity index is 2.10. The van der Waals surface area contributed by atoms with Crippen LogP contribution in [0.25, 0.3) is 0 Å². The molecular formula is C14H12F2N2O2. The van der Waals surface area contributed by atoms with Crippen LogP contribution in [0.5, 0.6) is 0 Å². The molecular weight excluding hydrogens is 266 g/mol. The van der Waals surface area contributed by atoms with E-state index in [9.17, 15) is 13.6 Å². The lowest BCUT2D eigenvalue weighted by molar-refractivity contribution is 0.0468. The lowest BCUT2D eigenvalue weighted by Crippen LogP contribution is -2.07. The monoisotopic (exact) mass is 278 g/mol. The summed E-state index contributed by atoms with van der Waals surface area (Å²) < 4.78 is 31.2. The van der Waals surface area contributed by atoms with Gasteiger partial charge in [0, 0.05) is 16.9 Å². The zero-order valence-corrected chi connectivity index (χ0v) is 10.4. The van der Waals surface area contributed by atoms with Gasteiger partial charge in [0.05, 0.1) is 5.56 Å². The van der Waals surface area contributed by atoms with Crippen LogP contribution in [0.2, 0.25) is 0 Å². The molecule has 0 aliphatic carbocycles. The lowest BCUT2D eigenvalue weighted by atomic mass is 10.2. The van der Waals surface area contributed by atoms with E-state index in [1.807, 2.05) is 0 Å². The van der Waals surface area contributed by atoms with Crippen molar-refractivity contribution in [2.45, 2.75) is 6.61 Å². The van der Waals surface area contributed by atoms with E-state index in [0.717, 1.165) is 18.2 Å². The molecule has 2 aromatic rings. The summed E-state index contributed by atoms with van der Waals surface area (Å²) in [5.74, 6) is -1.97. The topological polar surface area (TPSA) is 78.3 Å². The number of carbonyl (C=O) groups excluding carboxylic acids is 1. The summed E-state index contributed by atoms with van der Waals surface area (Å²) >= 11 is 0. The summed E-state index contributed by atoms with van der Waals surface area (Å²) in [4.78, 5) is 11.8. The van der Waals surface area contributed by atoms with Crippen molar-refractivity contribution in [3.8, 4) is 0 Å². The average molecular weight is 278 g/mol. The van der Waals surface area contributed by atoms with E-state index < -0.39 is 17.6 Å². The molecule has 6 heteroatoms. The molecule has 0 atom stereocenters. The molecule has 4 nitrogen and oxygen atoms in total. The van der Waals surface area contributed by atoms with E-state index in [1.165, 1.54) is 18.2 Å². The summed E-state index contributed by atoms with van der Waals surface area (Å²) in [7, 11) is 0. The third kappa shape index (κ3) is 3.23. The first-order valence-corrected chi connectivity index (χ1v) is 5.73. The third-order valence-electron chi connectivity index (χ3n) is 2.58. The molecule has 0 saturated carbocycles. The van der Waals surface area contributed by atoms with Crippen molar-refractivity contribution in [3.05, 3.63) is 59.2 Å². The van der Waals surface area contributed by atoms with Gasteiger partial charge in [-0.25, -0.2) is 13.6 Å². The molecule has 0 aromatic heterocycles. The Kier molecular flexibility index (Phi) is 3.84. The maximum Gasteiger partial charge on any atom is 0.338 e. The van der Waals surface area contributed by atoms with Gasteiger partial charge >= 0.3 is 5.97 Å². The van der Waals surface area contributed by atoms with Crippen LogP contribution < -0.4 is 11.5 Å². The Morgan fingerprint density at radius 3 is 2.35 bits per heavy atom.